The van der Waals surface area contributed by atoms with Crippen molar-refractivity contribution in [3.63, 3.8) is 0 Å². The lowest BCUT2D eigenvalue weighted by atomic mass is 9.81. The first-order chi connectivity index (χ1) is 13.4. The number of carbonyl (C=O) groups excluding carboxylic acids is 2. The van der Waals surface area contributed by atoms with Gasteiger partial charge >= 0.3 is 0 Å². The molecule has 1 aliphatic rings. The predicted molar refractivity (Wildman–Crippen MR) is 115 cm³/mol. The van der Waals surface area contributed by atoms with E-state index >= 15 is 0 Å². The molecule has 0 saturated carbocycles. The van der Waals surface area contributed by atoms with Crippen molar-refractivity contribution in [1.82, 2.24) is 0 Å². The molecule has 28 heavy (non-hydrogen) atoms. The Balaban J connectivity index is 1.59. The van der Waals surface area contributed by atoms with Crippen LogP contribution in [0.25, 0.3) is 0 Å². The first-order valence-electron chi connectivity index (χ1n) is 9.77. The molecule has 0 saturated heterocycles. The monoisotopic (exact) mass is 402 g/mol. The van der Waals surface area contributed by atoms with Crippen molar-refractivity contribution in [2.24, 2.45) is 5.41 Å². The van der Waals surface area contributed by atoms with Crippen molar-refractivity contribution in [3.8, 4) is 5.75 Å². The van der Waals surface area contributed by atoms with Gasteiger partial charge in [-0.3, -0.25) is 4.79 Å². The minimum atomic E-state index is -0.483. The first-order valence-corrected chi connectivity index (χ1v) is 10.4. The van der Waals surface area contributed by atoms with Crippen molar-refractivity contribution in [3.05, 3.63) is 53.6 Å². The van der Waals surface area contributed by atoms with E-state index in [1.165, 1.54) is 5.57 Å². The van der Waals surface area contributed by atoms with E-state index in [0.29, 0.717) is 32.0 Å². The second-order valence-electron chi connectivity index (χ2n) is 7.40. The molecule has 0 spiro atoms. The summed E-state index contributed by atoms with van der Waals surface area (Å²) in [5.74, 6) is 1.65. The third-order valence-electron chi connectivity index (χ3n) is 4.78. The van der Waals surface area contributed by atoms with Gasteiger partial charge in [-0.2, -0.15) is 12.6 Å². The number of hydrogen-bond donors (Lipinski definition) is 1. The predicted octanol–water partition coefficient (Wildman–Crippen LogP) is 4.39. The van der Waals surface area contributed by atoms with Crippen LogP contribution in [0.3, 0.4) is 0 Å². The lowest BCUT2D eigenvalue weighted by molar-refractivity contribution is -0.120. The van der Waals surface area contributed by atoms with Gasteiger partial charge in [0.15, 0.2) is 5.78 Å². The molecule has 0 amide bonds. The summed E-state index contributed by atoms with van der Waals surface area (Å²) in [5.41, 5.74) is 1.82. The van der Waals surface area contributed by atoms with Crippen LogP contribution in [0.5, 0.6) is 5.75 Å². The molecule has 0 radical (unpaired) electrons. The number of ketones is 2. The minimum absolute atomic E-state index is 0.117. The minimum Gasteiger partial charge on any atom is -0.491 e. The molecule has 1 aromatic carbocycles. The van der Waals surface area contributed by atoms with Crippen molar-refractivity contribution in [2.45, 2.75) is 39.5 Å². The maximum atomic E-state index is 11.9. The number of Topliss-reactive ketones (excluding diaryl/α,β-unsaturated/α-hetero) is 1. The number of carbonyl (C=O) groups is 2. The normalized spacial score (nSPS) is 18.8. The Hall–Kier alpha value is -1.85. The molecule has 5 heteroatoms. The lowest BCUT2D eigenvalue weighted by Gasteiger charge is -2.24. The summed E-state index contributed by atoms with van der Waals surface area (Å²) in [5, 5.41) is 0. The highest BCUT2D eigenvalue weighted by atomic mass is 32.1. The van der Waals surface area contributed by atoms with Crippen molar-refractivity contribution >= 4 is 24.2 Å². The quantitative estimate of drug-likeness (QED) is 0.416. The number of rotatable bonds is 12. The molecule has 1 atom stereocenters. The highest BCUT2D eigenvalue weighted by Gasteiger charge is 2.29. The number of allylic oxidation sites excluding steroid dienone is 4. The molecule has 2 rings (SSSR count). The van der Waals surface area contributed by atoms with Crippen LogP contribution in [0.1, 0.15) is 38.7 Å². The topological polar surface area (TPSA) is 52.6 Å². The second kappa shape index (κ2) is 11.2. The van der Waals surface area contributed by atoms with Gasteiger partial charge in [-0.25, -0.2) is 0 Å². The zero-order chi connectivity index (χ0) is 20.4. The number of ether oxygens (including phenoxy) is 2. The molecule has 1 aromatic rings. The van der Waals surface area contributed by atoms with Gasteiger partial charge in [0.1, 0.15) is 18.1 Å². The van der Waals surface area contributed by atoms with Crippen LogP contribution in [-0.4, -0.2) is 37.1 Å². The summed E-state index contributed by atoms with van der Waals surface area (Å²) in [6.07, 6.45) is 8.72. The molecular formula is C23H30O4S. The summed E-state index contributed by atoms with van der Waals surface area (Å²) < 4.78 is 11.3. The molecule has 0 heterocycles. The van der Waals surface area contributed by atoms with Gasteiger partial charge in [0.05, 0.1) is 12.0 Å². The highest BCUT2D eigenvalue weighted by Crippen LogP contribution is 2.29. The molecule has 0 aliphatic heterocycles. The average molecular weight is 403 g/mol. The molecule has 1 unspecified atom stereocenters. The van der Waals surface area contributed by atoms with E-state index in [-0.39, 0.29) is 11.6 Å². The zero-order valence-corrected chi connectivity index (χ0v) is 17.7. The van der Waals surface area contributed by atoms with Crippen LogP contribution in [0, 0.1) is 5.41 Å². The molecule has 0 aromatic heterocycles. The molecule has 1 aliphatic carbocycles. The van der Waals surface area contributed by atoms with Gasteiger partial charge in [0.25, 0.3) is 0 Å². The standard InChI is InChI=1S/C23H30O4S/c1-18(24)5-6-19-7-10-21(11-8-19)27-15-14-26-13-3-4-20-9-12-22(25)23(2,16-20)17-28/h7-12,16,28H,3-6,13-15,17H2,1-2H3. The molecule has 4 nitrogen and oxygen atoms in total. The Morgan fingerprint density at radius 2 is 1.82 bits per heavy atom. The van der Waals surface area contributed by atoms with E-state index < -0.39 is 5.41 Å². The Bertz CT molecular complexity index is 721. The maximum absolute atomic E-state index is 11.9. The van der Waals surface area contributed by atoms with Crippen molar-refractivity contribution < 1.29 is 19.1 Å². The summed E-state index contributed by atoms with van der Waals surface area (Å²) in [7, 11) is 0. The molecule has 0 fully saturated rings. The van der Waals surface area contributed by atoms with Gasteiger partial charge in [-0.1, -0.05) is 29.9 Å². The van der Waals surface area contributed by atoms with Crippen LogP contribution >= 0.6 is 12.6 Å². The Morgan fingerprint density at radius 1 is 1.07 bits per heavy atom. The van der Waals surface area contributed by atoms with Crippen molar-refractivity contribution in [1.29, 1.82) is 0 Å². The summed E-state index contributed by atoms with van der Waals surface area (Å²) in [6.45, 7) is 5.23. The number of hydrogen-bond acceptors (Lipinski definition) is 5. The second-order valence-corrected chi connectivity index (χ2v) is 7.72. The molecule has 152 valence electrons. The van der Waals surface area contributed by atoms with Crippen LogP contribution in [-0.2, 0) is 20.7 Å². The van der Waals surface area contributed by atoms with Crippen LogP contribution < -0.4 is 4.74 Å². The van der Waals surface area contributed by atoms with E-state index in [2.05, 4.69) is 12.6 Å². The van der Waals surface area contributed by atoms with Crippen LogP contribution in [0.4, 0.5) is 0 Å². The van der Waals surface area contributed by atoms with Gasteiger partial charge in [0, 0.05) is 18.8 Å². The van der Waals surface area contributed by atoms with Gasteiger partial charge in [0.2, 0.25) is 0 Å². The molecule has 0 bridgehead atoms. The summed E-state index contributed by atoms with van der Waals surface area (Å²) in [4.78, 5) is 22.9. The Morgan fingerprint density at radius 3 is 2.50 bits per heavy atom. The SMILES string of the molecule is CC(=O)CCc1ccc(OCCOCCCC2=CC(C)(CS)C(=O)C=C2)cc1. The maximum Gasteiger partial charge on any atom is 0.166 e. The summed E-state index contributed by atoms with van der Waals surface area (Å²) >= 11 is 4.30. The fourth-order valence-corrected chi connectivity index (χ4v) is 3.20. The van der Waals surface area contributed by atoms with E-state index in [9.17, 15) is 9.59 Å². The van der Waals surface area contributed by atoms with Gasteiger partial charge < -0.3 is 14.3 Å². The van der Waals surface area contributed by atoms with Crippen LogP contribution in [0.2, 0.25) is 0 Å². The fraction of sp³-hybridized carbons (Fsp3) is 0.478. The largest absolute Gasteiger partial charge is 0.491 e. The Labute approximate surface area is 173 Å². The van der Waals surface area contributed by atoms with Gasteiger partial charge in [-0.15, -0.1) is 0 Å². The van der Waals surface area contributed by atoms with Crippen LogP contribution in [0.15, 0.2) is 48.1 Å². The first kappa shape index (κ1) is 22.4. The van der Waals surface area contributed by atoms with E-state index in [1.807, 2.05) is 43.3 Å². The molecule has 0 N–H and O–H groups in total. The van der Waals surface area contributed by atoms with Crippen molar-refractivity contribution in [2.75, 3.05) is 25.6 Å². The average Bonchev–Trinajstić information content (AvgIpc) is 2.69. The Kier molecular flexibility index (Phi) is 9.00. The van der Waals surface area contributed by atoms with E-state index in [1.54, 1.807) is 13.0 Å². The van der Waals surface area contributed by atoms with E-state index in [0.717, 1.165) is 30.6 Å². The number of thiol groups is 1. The number of benzene rings is 1. The fourth-order valence-electron chi connectivity index (χ4n) is 2.95. The summed E-state index contributed by atoms with van der Waals surface area (Å²) in [6, 6.07) is 7.84. The van der Waals surface area contributed by atoms with Gasteiger partial charge in [-0.05, 0) is 56.9 Å². The third kappa shape index (κ3) is 7.28. The zero-order valence-electron chi connectivity index (χ0n) is 16.8. The number of aryl methyl sites for hydroxylation is 1. The van der Waals surface area contributed by atoms with E-state index in [4.69, 9.17) is 9.47 Å². The molecular weight excluding hydrogens is 372 g/mol. The smallest absolute Gasteiger partial charge is 0.166 e. The highest BCUT2D eigenvalue weighted by molar-refractivity contribution is 7.80. The lowest BCUT2D eigenvalue weighted by Crippen LogP contribution is -2.28. The third-order valence-corrected chi connectivity index (χ3v) is 5.44.